The molecule has 160 valence electrons. The van der Waals surface area contributed by atoms with Gasteiger partial charge in [0.2, 0.25) is 5.91 Å². The Balaban J connectivity index is 1.75. The normalized spacial score (nSPS) is 11.5. The Morgan fingerprint density at radius 2 is 1.47 bits per heavy atom. The van der Waals surface area contributed by atoms with Crippen LogP contribution in [0.3, 0.4) is 0 Å². The van der Waals surface area contributed by atoms with E-state index in [1.807, 2.05) is 63.2 Å². The van der Waals surface area contributed by atoms with E-state index in [4.69, 9.17) is 0 Å². The summed E-state index contributed by atoms with van der Waals surface area (Å²) in [6.07, 6.45) is 0.807. The summed E-state index contributed by atoms with van der Waals surface area (Å²) in [5.74, 6) is -0.733. The molecule has 2 rings (SSSR count). The lowest BCUT2D eigenvalue weighted by molar-refractivity contribution is -0.862. The van der Waals surface area contributed by atoms with Crippen molar-refractivity contribution in [3.63, 3.8) is 0 Å². The Morgan fingerprint density at radius 3 is 2.20 bits per heavy atom. The third kappa shape index (κ3) is 7.00. The van der Waals surface area contributed by atoms with Crippen LogP contribution in [0.2, 0.25) is 0 Å². The van der Waals surface area contributed by atoms with Crippen LogP contribution in [0.1, 0.15) is 23.6 Å². The van der Waals surface area contributed by atoms with Crippen LogP contribution >= 0.6 is 0 Å². The molecule has 0 fully saturated rings. The average molecular weight is 412 g/mol. The van der Waals surface area contributed by atoms with Crippen LogP contribution in [-0.2, 0) is 20.8 Å². The monoisotopic (exact) mass is 411 g/mol. The fourth-order valence-electron chi connectivity index (χ4n) is 3.08. The van der Waals surface area contributed by atoms with Gasteiger partial charge in [-0.3, -0.25) is 14.4 Å². The highest BCUT2D eigenvalue weighted by Crippen LogP contribution is 2.17. The van der Waals surface area contributed by atoms with Gasteiger partial charge in [-0.15, -0.1) is 0 Å². The predicted octanol–water partition coefficient (Wildman–Crippen LogP) is 1.07. The summed E-state index contributed by atoms with van der Waals surface area (Å²) in [4.78, 5) is 37.2. The molecule has 2 aromatic rings. The summed E-state index contributed by atoms with van der Waals surface area (Å²) in [7, 11) is 1.76. The lowest BCUT2D eigenvalue weighted by Crippen LogP contribution is -3.11. The first-order valence-electron chi connectivity index (χ1n) is 10.1. The predicted molar refractivity (Wildman–Crippen MR) is 119 cm³/mol. The zero-order valence-corrected chi connectivity index (χ0v) is 18.1. The van der Waals surface area contributed by atoms with Crippen LogP contribution in [0.5, 0.6) is 0 Å². The van der Waals surface area contributed by atoms with E-state index in [1.165, 1.54) is 0 Å². The lowest BCUT2D eigenvalue weighted by Gasteiger charge is -2.15. The van der Waals surface area contributed by atoms with Crippen LogP contribution in [0.15, 0.2) is 42.5 Å². The Labute approximate surface area is 177 Å². The van der Waals surface area contributed by atoms with Gasteiger partial charge in [0.05, 0.1) is 13.6 Å². The number of anilines is 2. The number of benzene rings is 2. The molecule has 2 aromatic carbocycles. The molecule has 0 saturated carbocycles. The van der Waals surface area contributed by atoms with Gasteiger partial charge in [0.1, 0.15) is 0 Å². The molecular formula is C23H31N4O3+. The molecule has 7 heteroatoms. The smallest absolute Gasteiger partial charge is 0.279 e. The Hall–Kier alpha value is -3.19. The molecule has 0 radical (unpaired) electrons. The second-order valence-electron chi connectivity index (χ2n) is 7.44. The van der Waals surface area contributed by atoms with Gasteiger partial charge >= 0.3 is 0 Å². The lowest BCUT2D eigenvalue weighted by atomic mass is 10.1. The Kier molecular flexibility index (Phi) is 8.55. The molecule has 0 saturated heterocycles. The number of quaternary nitrogens is 1. The first-order valence-corrected chi connectivity index (χ1v) is 10.1. The van der Waals surface area contributed by atoms with Crippen LogP contribution in [0.25, 0.3) is 0 Å². The van der Waals surface area contributed by atoms with Gasteiger partial charge in [-0.1, -0.05) is 37.3 Å². The van der Waals surface area contributed by atoms with Crippen LogP contribution < -0.4 is 20.9 Å². The molecule has 0 aromatic heterocycles. The third-order valence-electron chi connectivity index (χ3n) is 4.92. The van der Waals surface area contributed by atoms with Crippen molar-refractivity contribution in [3.05, 3.63) is 59.2 Å². The first kappa shape index (κ1) is 23.1. The zero-order valence-electron chi connectivity index (χ0n) is 18.1. The number of carbonyl (C=O) groups is 3. The van der Waals surface area contributed by atoms with Crippen molar-refractivity contribution < 1.29 is 19.3 Å². The summed E-state index contributed by atoms with van der Waals surface area (Å²) in [6, 6.07) is 13.3. The molecule has 0 aliphatic heterocycles. The average Bonchev–Trinajstić information content (AvgIpc) is 2.70. The maximum absolute atomic E-state index is 12.3. The number of para-hydroxylation sites is 1. The zero-order chi connectivity index (χ0) is 22.1. The minimum absolute atomic E-state index is 0.0963. The molecule has 1 atom stereocenters. The fraction of sp³-hybridized carbons (Fsp3) is 0.348. The van der Waals surface area contributed by atoms with Gasteiger partial charge in [0.15, 0.2) is 13.1 Å². The number of hydrogen-bond acceptors (Lipinski definition) is 3. The highest BCUT2D eigenvalue weighted by atomic mass is 16.2. The Bertz CT molecular complexity index is 911. The number of carbonyl (C=O) groups excluding carboxylic acids is 3. The fourth-order valence-corrected chi connectivity index (χ4v) is 3.08. The molecular weight excluding hydrogens is 380 g/mol. The second-order valence-corrected chi connectivity index (χ2v) is 7.44. The van der Waals surface area contributed by atoms with Gasteiger partial charge < -0.3 is 20.9 Å². The number of hydrogen-bond donors (Lipinski definition) is 4. The van der Waals surface area contributed by atoms with E-state index in [-0.39, 0.29) is 37.4 Å². The van der Waals surface area contributed by atoms with E-state index in [9.17, 15) is 14.4 Å². The quantitative estimate of drug-likeness (QED) is 0.498. The van der Waals surface area contributed by atoms with E-state index in [1.54, 1.807) is 7.05 Å². The van der Waals surface area contributed by atoms with Crippen molar-refractivity contribution in [3.8, 4) is 0 Å². The van der Waals surface area contributed by atoms with Crippen molar-refractivity contribution in [1.82, 2.24) is 5.32 Å². The van der Waals surface area contributed by atoms with Gasteiger partial charge in [0, 0.05) is 11.4 Å². The minimum Gasteiger partial charge on any atom is -0.342 e. The van der Waals surface area contributed by atoms with Crippen molar-refractivity contribution in [2.75, 3.05) is 37.3 Å². The number of aryl methyl sites for hydroxylation is 2. The molecule has 4 N–H and O–H groups in total. The van der Waals surface area contributed by atoms with E-state index >= 15 is 0 Å². The van der Waals surface area contributed by atoms with E-state index in [0.717, 1.165) is 39.4 Å². The minimum atomic E-state index is -0.286. The summed E-state index contributed by atoms with van der Waals surface area (Å²) < 4.78 is 0. The standard InChI is InChI=1S/C23H30N4O3/c1-5-18-10-6-7-11-20(18)26-21(28)13-24-22(29)14-27(4)15-23(30)25-19-12-8-9-16(2)17(19)3/h6-12H,5,13-15H2,1-4H3,(H,24,29)(H,25,30)(H,26,28)/p+1. The molecule has 0 aliphatic rings. The highest BCUT2D eigenvalue weighted by Gasteiger charge is 2.16. The molecule has 7 nitrogen and oxygen atoms in total. The van der Waals surface area contributed by atoms with Crippen molar-refractivity contribution in [1.29, 1.82) is 0 Å². The van der Waals surface area contributed by atoms with Crippen LogP contribution in [0, 0.1) is 13.8 Å². The molecule has 30 heavy (non-hydrogen) atoms. The van der Waals surface area contributed by atoms with E-state index < -0.39 is 0 Å². The molecule has 0 heterocycles. The summed E-state index contributed by atoms with van der Waals surface area (Å²) in [5, 5.41) is 8.31. The van der Waals surface area contributed by atoms with Gasteiger partial charge in [-0.2, -0.15) is 0 Å². The number of nitrogens with one attached hydrogen (secondary N) is 4. The van der Waals surface area contributed by atoms with E-state index in [2.05, 4.69) is 16.0 Å². The number of amides is 3. The maximum atomic E-state index is 12.3. The van der Waals surface area contributed by atoms with Gasteiger partial charge in [-0.05, 0) is 49.1 Å². The van der Waals surface area contributed by atoms with Gasteiger partial charge in [-0.25, -0.2) is 0 Å². The largest absolute Gasteiger partial charge is 0.342 e. The van der Waals surface area contributed by atoms with Crippen molar-refractivity contribution in [2.45, 2.75) is 27.2 Å². The molecule has 3 amide bonds. The molecule has 0 bridgehead atoms. The van der Waals surface area contributed by atoms with E-state index in [0.29, 0.717) is 0 Å². The second kappa shape index (κ2) is 11.1. The summed E-state index contributed by atoms with van der Waals surface area (Å²) >= 11 is 0. The van der Waals surface area contributed by atoms with Crippen molar-refractivity contribution in [2.24, 2.45) is 0 Å². The topological polar surface area (TPSA) is 91.7 Å². The number of likely N-dealkylation sites (N-methyl/N-ethyl adjacent to an activating group) is 1. The van der Waals surface area contributed by atoms with Crippen LogP contribution in [-0.4, -0.2) is 44.4 Å². The van der Waals surface area contributed by atoms with Crippen molar-refractivity contribution >= 4 is 29.1 Å². The van der Waals surface area contributed by atoms with Crippen LogP contribution in [0.4, 0.5) is 11.4 Å². The molecule has 0 spiro atoms. The Morgan fingerprint density at radius 1 is 0.833 bits per heavy atom. The van der Waals surface area contributed by atoms with Gasteiger partial charge in [0.25, 0.3) is 11.8 Å². The summed E-state index contributed by atoms with van der Waals surface area (Å²) in [5.41, 5.74) is 4.70. The third-order valence-corrected chi connectivity index (χ3v) is 4.92. The first-order chi connectivity index (χ1) is 14.3. The number of rotatable bonds is 9. The highest BCUT2D eigenvalue weighted by molar-refractivity contribution is 5.95. The molecule has 1 unspecified atom stereocenters. The SMILES string of the molecule is CCc1ccccc1NC(=O)CNC(=O)C[NH+](C)CC(=O)Nc1cccc(C)c1C. The summed E-state index contributed by atoms with van der Waals surface area (Å²) in [6.45, 7) is 6.10. The maximum Gasteiger partial charge on any atom is 0.279 e. The molecule has 0 aliphatic carbocycles.